The summed E-state index contributed by atoms with van der Waals surface area (Å²) in [5.41, 5.74) is 1.54. The molecule has 0 amide bonds. The number of nitro groups is 1. The Labute approximate surface area is 106 Å². The minimum atomic E-state index is -0.357. The SMILES string of the molecule is Cc1ccc(CNC2(CO)CCC2)cc1[N+](=O)[O-]. The third-order valence-corrected chi connectivity index (χ3v) is 3.75. The van der Waals surface area contributed by atoms with Gasteiger partial charge in [0.2, 0.25) is 0 Å². The highest BCUT2D eigenvalue weighted by Crippen LogP contribution is 2.31. The van der Waals surface area contributed by atoms with Crippen molar-refractivity contribution in [3.63, 3.8) is 0 Å². The number of hydrogen-bond acceptors (Lipinski definition) is 4. The quantitative estimate of drug-likeness (QED) is 0.618. The Hall–Kier alpha value is -1.46. The van der Waals surface area contributed by atoms with Crippen molar-refractivity contribution in [1.82, 2.24) is 5.32 Å². The first-order chi connectivity index (χ1) is 8.56. The first-order valence-corrected chi connectivity index (χ1v) is 6.16. The van der Waals surface area contributed by atoms with E-state index in [-0.39, 0.29) is 22.8 Å². The molecular weight excluding hydrogens is 232 g/mol. The lowest BCUT2D eigenvalue weighted by molar-refractivity contribution is -0.385. The third-order valence-electron chi connectivity index (χ3n) is 3.75. The average molecular weight is 250 g/mol. The second-order valence-corrected chi connectivity index (χ2v) is 5.02. The second kappa shape index (κ2) is 5.04. The molecular formula is C13H18N2O3. The fraction of sp³-hybridized carbons (Fsp3) is 0.538. The average Bonchev–Trinajstić information content (AvgIpc) is 2.30. The first kappa shape index (κ1) is 13.0. The fourth-order valence-electron chi connectivity index (χ4n) is 2.25. The summed E-state index contributed by atoms with van der Waals surface area (Å²) in [6, 6.07) is 5.26. The van der Waals surface area contributed by atoms with Gasteiger partial charge in [-0.3, -0.25) is 10.1 Å². The van der Waals surface area contributed by atoms with E-state index in [1.807, 2.05) is 6.07 Å². The van der Waals surface area contributed by atoms with Crippen LogP contribution in [0.4, 0.5) is 5.69 Å². The van der Waals surface area contributed by atoms with Gasteiger partial charge < -0.3 is 10.4 Å². The maximum absolute atomic E-state index is 10.8. The monoisotopic (exact) mass is 250 g/mol. The van der Waals surface area contributed by atoms with Crippen molar-refractivity contribution in [1.29, 1.82) is 0 Å². The van der Waals surface area contributed by atoms with Gasteiger partial charge in [-0.2, -0.15) is 0 Å². The molecule has 0 bridgehead atoms. The molecule has 0 heterocycles. The molecule has 98 valence electrons. The fourth-order valence-corrected chi connectivity index (χ4v) is 2.25. The highest BCUT2D eigenvalue weighted by molar-refractivity contribution is 5.42. The largest absolute Gasteiger partial charge is 0.394 e. The summed E-state index contributed by atoms with van der Waals surface area (Å²) in [5, 5.41) is 23.5. The molecule has 5 heteroatoms. The number of aliphatic hydroxyl groups is 1. The summed E-state index contributed by atoms with van der Waals surface area (Å²) in [6.45, 7) is 2.42. The Morgan fingerprint density at radius 2 is 2.22 bits per heavy atom. The molecule has 1 aliphatic rings. The van der Waals surface area contributed by atoms with Crippen LogP contribution in [0, 0.1) is 17.0 Å². The number of benzene rings is 1. The number of nitrogens with zero attached hydrogens (tertiary/aromatic N) is 1. The Balaban J connectivity index is 2.06. The molecule has 5 nitrogen and oxygen atoms in total. The highest BCUT2D eigenvalue weighted by Gasteiger charge is 2.35. The van der Waals surface area contributed by atoms with Gasteiger partial charge in [0, 0.05) is 23.7 Å². The standard InChI is InChI=1S/C13H18N2O3/c1-10-3-4-11(7-12(10)15(17)18)8-14-13(9-16)5-2-6-13/h3-4,7,14,16H,2,5-6,8-9H2,1H3. The lowest BCUT2D eigenvalue weighted by atomic mass is 9.77. The van der Waals surface area contributed by atoms with Gasteiger partial charge in [-0.15, -0.1) is 0 Å². The van der Waals surface area contributed by atoms with E-state index < -0.39 is 0 Å². The molecule has 0 spiro atoms. The molecule has 0 radical (unpaired) electrons. The van der Waals surface area contributed by atoms with Gasteiger partial charge in [-0.05, 0) is 31.7 Å². The van der Waals surface area contributed by atoms with Crippen LogP contribution in [0.25, 0.3) is 0 Å². The minimum Gasteiger partial charge on any atom is -0.394 e. The van der Waals surface area contributed by atoms with Crippen LogP contribution >= 0.6 is 0 Å². The number of aryl methyl sites for hydroxylation is 1. The van der Waals surface area contributed by atoms with Crippen LogP contribution in [-0.2, 0) is 6.54 Å². The minimum absolute atomic E-state index is 0.126. The summed E-state index contributed by atoms with van der Waals surface area (Å²) in [7, 11) is 0. The molecule has 0 aromatic heterocycles. The van der Waals surface area contributed by atoms with E-state index in [9.17, 15) is 15.2 Å². The second-order valence-electron chi connectivity index (χ2n) is 5.02. The Morgan fingerprint density at radius 3 is 2.72 bits per heavy atom. The molecule has 1 saturated carbocycles. The van der Waals surface area contributed by atoms with E-state index in [0.717, 1.165) is 24.8 Å². The molecule has 1 fully saturated rings. The van der Waals surface area contributed by atoms with Crippen molar-refractivity contribution >= 4 is 5.69 Å². The van der Waals surface area contributed by atoms with Gasteiger partial charge >= 0.3 is 0 Å². The van der Waals surface area contributed by atoms with E-state index in [4.69, 9.17) is 0 Å². The lowest BCUT2D eigenvalue weighted by Crippen LogP contribution is -2.53. The first-order valence-electron chi connectivity index (χ1n) is 6.16. The maximum atomic E-state index is 10.8. The summed E-state index contributed by atoms with van der Waals surface area (Å²) in [4.78, 5) is 10.5. The van der Waals surface area contributed by atoms with Crippen molar-refractivity contribution in [2.45, 2.75) is 38.3 Å². The summed E-state index contributed by atoms with van der Waals surface area (Å²) >= 11 is 0. The number of nitrogens with one attached hydrogen (secondary N) is 1. The topological polar surface area (TPSA) is 75.4 Å². The zero-order chi connectivity index (χ0) is 13.2. The van der Waals surface area contributed by atoms with Crippen LogP contribution in [0.2, 0.25) is 0 Å². The van der Waals surface area contributed by atoms with E-state index in [1.165, 1.54) is 0 Å². The Bertz CT molecular complexity index is 450. The van der Waals surface area contributed by atoms with Crippen LogP contribution in [0.15, 0.2) is 18.2 Å². The van der Waals surface area contributed by atoms with Crippen LogP contribution in [-0.4, -0.2) is 22.2 Å². The van der Waals surface area contributed by atoms with E-state index in [2.05, 4.69) is 5.32 Å². The highest BCUT2D eigenvalue weighted by atomic mass is 16.6. The molecule has 0 aliphatic heterocycles. The van der Waals surface area contributed by atoms with E-state index in [0.29, 0.717) is 12.1 Å². The zero-order valence-electron chi connectivity index (χ0n) is 10.5. The molecule has 1 aromatic carbocycles. The number of aliphatic hydroxyl groups excluding tert-OH is 1. The molecule has 2 rings (SSSR count). The molecule has 18 heavy (non-hydrogen) atoms. The van der Waals surface area contributed by atoms with Gasteiger partial charge in [0.15, 0.2) is 0 Å². The van der Waals surface area contributed by atoms with Gasteiger partial charge in [0.1, 0.15) is 0 Å². The number of nitro benzene ring substituents is 1. The summed E-state index contributed by atoms with van der Waals surface area (Å²) < 4.78 is 0. The van der Waals surface area contributed by atoms with Crippen molar-refractivity contribution < 1.29 is 10.0 Å². The van der Waals surface area contributed by atoms with E-state index in [1.54, 1.807) is 19.1 Å². The molecule has 0 saturated heterocycles. The van der Waals surface area contributed by atoms with Crippen LogP contribution in [0.5, 0.6) is 0 Å². The third kappa shape index (κ3) is 2.52. The molecule has 2 N–H and O–H groups in total. The molecule has 1 aliphatic carbocycles. The van der Waals surface area contributed by atoms with Crippen molar-refractivity contribution in [2.75, 3.05) is 6.61 Å². The maximum Gasteiger partial charge on any atom is 0.272 e. The molecule has 0 atom stereocenters. The van der Waals surface area contributed by atoms with Gasteiger partial charge in [0.25, 0.3) is 5.69 Å². The van der Waals surface area contributed by atoms with Gasteiger partial charge in [-0.1, -0.05) is 12.1 Å². The number of rotatable bonds is 5. The van der Waals surface area contributed by atoms with Gasteiger partial charge in [0.05, 0.1) is 11.5 Å². The predicted octanol–water partition coefficient (Wildman–Crippen LogP) is 1.91. The van der Waals surface area contributed by atoms with Crippen molar-refractivity contribution in [2.24, 2.45) is 0 Å². The summed E-state index contributed by atoms with van der Waals surface area (Å²) in [6.07, 6.45) is 3.07. The normalized spacial score (nSPS) is 17.2. The van der Waals surface area contributed by atoms with Gasteiger partial charge in [-0.25, -0.2) is 0 Å². The van der Waals surface area contributed by atoms with Crippen molar-refractivity contribution in [3.8, 4) is 0 Å². The Kier molecular flexibility index (Phi) is 3.63. The van der Waals surface area contributed by atoms with E-state index >= 15 is 0 Å². The van der Waals surface area contributed by atoms with Crippen LogP contribution < -0.4 is 5.32 Å². The Morgan fingerprint density at radius 1 is 1.50 bits per heavy atom. The zero-order valence-corrected chi connectivity index (χ0v) is 10.5. The predicted molar refractivity (Wildman–Crippen MR) is 68.3 cm³/mol. The molecule has 0 unspecified atom stereocenters. The smallest absolute Gasteiger partial charge is 0.272 e. The van der Waals surface area contributed by atoms with Crippen LogP contribution in [0.3, 0.4) is 0 Å². The summed E-state index contributed by atoms with van der Waals surface area (Å²) in [5.74, 6) is 0. The number of hydrogen-bond donors (Lipinski definition) is 2. The molecule has 1 aromatic rings. The van der Waals surface area contributed by atoms with Crippen molar-refractivity contribution in [3.05, 3.63) is 39.4 Å². The lowest BCUT2D eigenvalue weighted by Gasteiger charge is -2.41. The van der Waals surface area contributed by atoms with Crippen LogP contribution in [0.1, 0.15) is 30.4 Å².